The number of piperidine rings is 1. The average Bonchev–Trinajstić information content (AvgIpc) is 2.50. The van der Waals surface area contributed by atoms with Gasteiger partial charge in [-0.05, 0) is 0 Å². The van der Waals surface area contributed by atoms with Crippen molar-refractivity contribution < 1.29 is 18.7 Å². The fourth-order valence-corrected chi connectivity index (χ4v) is 2.72. The predicted octanol–water partition coefficient (Wildman–Crippen LogP) is 3.06. The van der Waals surface area contributed by atoms with Gasteiger partial charge in [0.25, 0.3) is 11.8 Å². The van der Waals surface area contributed by atoms with E-state index in [-0.39, 0.29) is 31.0 Å². The van der Waals surface area contributed by atoms with Crippen LogP contribution in [0.4, 0.5) is 8.78 Å². The number of carbonyl (C=O) groups is 1. The molecule has 1 N–H and O–H groups in total. The lowest BCUT2D eigenvalue weighted by molar-refractivity contribution is -0.0922. The molecule has 1 aliphatic rings. The van der Waals surface area contributed by atoms with Crippen molar-refractivity contribution in [2.45, 2.75) is 19.3 Å². The molecule has 0 bridgehead atoms. The summed E-state index contributed by atoms with van der Waals surface area (Å²) in [7, 11) is 0. The van der Waals surface area contributed by atoms with Gasteiger partial charge < -0.3 is 10.0 Å². The minimum atomic E-state index is -2.75. The summed E-state index contributed by atoms with van der Waals surface area (Å²) in [6, 6.07) is 7.02. The third-order valence-corrected chi connectivity index (χ3v) is 4.19. The normalized spacial score (nSPS) is 21.0. The molecule has 1 aliphatic heterocycles. The second-order valence-electron chi connectivity index (χ2n) is 5.71. The monoisotopic (exact) mass is 306 g/mol. The predicted molar refractivity (Wildman–Crippen MR) is 78.0 cm³/mol. The summed E-state index contributed by atoms with van der Waals surface area (Å²) in [5.74, 6) is -4.37. The first-order valence-corrected chi connectivity index (χ1v) is 7.14. The topological polar surface area (TPSA) is 53.4 Å². The van der Waals surface area contributed by atoms with Gasteiger partial charge in [-0.1, -0.05) is 31.2 Å². The third-order valence-electron chi connectivity index (χ3n) is 4.19. The highest BCUT2D eigenvalue weighted by molar-refractivity contribution is 6.01. The zero-order chi connectivity index (χ0) is 15.9. The highest BCUT2D eigenvalue weighted by Crippen LogP contribution is 2.34. The molecule has 2 heterocycles. The molecule has 1 aromatic heterocycles. The van der Waals surface area contributed by atoms with Gasteiger partial charge in [0, 0.05) is 42.4 Å². The van der Waals surface area contributed by atoms with E-state index in [2.05, 4.69) is 4.98 Å². The van der Waals surface area contributed by atoms with Gasteiger partial charge in [0.15, 0.2) is 11.4 Å². The largest absolute Gasteiger partial charge is 0.505 e. The molecule has 0 aliphatic carbocycles. The SMILES string of the molecule is CC1CN(C(=O)c2ncc3ccccc3c2O)CCC1(F)F. The number of fused-ring (bicyclic) bond motifs is 1. The van der Waals surface area contributed by atoms with Gasteiger partial charge in [-0.25, -0.2) is 13.8 Å². The second kappa shape index (κ2) is 5.19. The van der Waals surface area contributed by atoms with E-state index in [4.69, 9.17) is 0 Å². The van der Waals surface area contributed by atoms with Gasteiger partial charge in [0.2, 0.25) is 0 Å². The van der Waals surface area contributed by atoms with Gasteiger partial charge in [-0.3, -0.25) is 4.79 Å². The van der Waals surface area contributed by atoms with E-state index >= 15 is 0 Å². The number of likely N-dealkylation sites (tertiary alicyclic amines) is 1. The summed E-state index contributed by atoms with van der Waals surface area (Å²) < 4.78 is 27.0. The summed E-state index contributed by atoms with van der Waals surface area (Å²) in [5.41, 5.74) is -0.0869. The molecule has 3 rings (SSSR count). The number of pyridine rings is 1. The molecular formula is C16H16F2N2O2. The number of amides is 1. The minimum absolute atomic E-state index is 0.0376. The fourth-order valence-electron chi connectivity index (χ4n) is 2.72. The lowest BCUT2D eigenvalue weighted by atomic mass is 9.95. The molecule has 6 heteroatoms. The summed E-state index contributed by atoms with van der Waals surface area (Å²) >= 11 is 0. The number of alkyl halides is 2. The molecule has 1 aromatic carbocycles. The van der Waals surface area contributed by atoms with Crippen molar-refractivity contribution in [2.24, 2.45) is 5.92 Å². The van der Waals surface area contributed by atoms with Gasteiger partial charge in [0.1, 0.15) is 0 Å². The molecule has 1 saturated heterocycles. The Morgan fingerprint density at radius 2 is 2.14 bits per heavy atom. The Morgan fingerprint density at radius 3 is 2.86 bits per heavy atom. The molecule has 1 fully saturated rings. The van der Waals surface area contributed by atoms with E-state index in [0.29, 0.717) is 5.39 Å². The lowest BCUT2D eigenvalue weighted by Crippen LogP contribution is -2.48. The van der Waals surface area contributed by atoms with E-state index in [1.165, 1.54) is 18.0 Å². The van der Waals surface area contributed by atoms with E-state index in [0.717, 1.165) is 5.39 Å². The number of benzene rings is 1. The quantitative estimate of drug-likeness (QED) is 0.881. The van der Waals surface area contributed by atoms with Crippen molar-refractivity contribution in [1.82, 2.24) is 9.88 Å². The van der Waals surface area contributed by atoms with Gasteiger partial charge in [0.05, 0.1) is 0 Å². The van der Waals surface area contributed by atoms with Crippen LogP contribution in [0.2, 0.25) is 0 Å². The van der Waals surface area contributed by atoms with Crippen molar-refractivity contribution in [2.75, 3.05) is 13.1 Å². The number of rotatable bonds is 1. The van der Waals surface area contributed by atoms with Crippen molar-refractivity contribution in [3.8, 4) is 5.75 Å². The van der Waals surface area contributed by atoms with Crippen LogP contribution in [0.5, 0.6) is 5.75 Å². The Bertz CT molecular complexity index is 733. The van der Waals surface area contributed by atoms with Gasteiger partial charge in [-0.15, -0.1) is 0 Å². The van der Waals surface area contributed by atoms with E-state index < -0.39 is 17.7 Å². The zero-order valence-electron chi connectivity index (χ0n) is 12.1. The number of nitrogens with zero attached hydrogens (tertiary/aromatic N) is 2. The van der Waals surface area contributed by atoms with Gasteiger partial charge >= 0.3 is 0 Å². The maximum Gasteiger partial charge on any atom is 0.276 e. The highest BCUT2D eigenvalue weighted by Gasteiger charge is 2.42. The molecule has 0 saturated carbocycles. The summed E-state index contributed by atoms with van der Waals surface area (Å²) in [5, 5.41) is 11.5. The van der Waals surface area contributed by atoms with E-state index in [9.17, 15) is 18.7 Å². The molecule has 2 aromatic rings. The van der Waals surface area contributed by atoms with Crippen LogP contribution in [0, 0.1) is 5.92 Å². The summed E-state index contributed by atoms with van der Waals surface area (Å²) in [6.07, 6.45) is 1.14. The number of hydrogen-bond acceptors (Lipinski definition) is 3. The molecule has 1 unspecified atom stereocenters. The minimum Gasteiger partial charge on any atom is -0.505 e. The Hall–Kier alpha value is -2.24. The van der Waals surface area contributed by atoms with Crippen LogP contribution in [0.1, 0.15) is 23.8 Å². The Balaban J connectivity index is 1.91. The summed E-state index contributed by atoms with van der Waals surface area (Å²) in [4.78, 5) is 17.8. The first-order valence-electron chi connectivity index (χ1n) is 7.14. The maximum absolute atomic E-state index is 13.5. The average molecular weight is 306 g/mol. The second-order valence-corrected chi connectivity index (χ2v) is 5.71. The number of hydrogen-bond donors (Lipinski definition) is 1. The maximum atomic E-state index is 13.5. The number of aromatic nitrogens is 1. The molecule has 1 atom stereocenters. The third kappa shape index (κ3) is 2.38. The highest BCUT2D eigenvalue weighted by atomic mass is 19.3. The fraction of sp³-hybridized carbons (Fsp3) is 0.375. The Kier molecular flexibility index (Phi) is 3.47. The number of halogens is 2. The zero-order valence-corrected chi connectivity index (χ0v) is 12.1. The Morgan fingerprint density at radius 1 is 1.41 bits per heavy atom. The Labute approximate surface area is 126 Å². The first kappa shape index (κ1) is 14.7. The van der Waals surface area contributed by atoms with Crippen molar-refractivity contribution in [3.05, 3.63) is 36.2 Å². The van der Waals surface area contributed by atoms with Crippen LogP contribution in [-0.2, 0) is 0 Å². The molecule has 116 valence electrons. The standard InChI is InChI=1S/C16H16F2N2O2/c1-10-9-20(7-6-16(10,17)18)15(22)13-14(21)12-5-3-2-4-11(12)8-19-13/h2-5,8,10,21H,6-7,9H2,1H3. The number of carbonyl (C=O) groups excluding carboxylic acids is 1. The van der Waals surface area contributed by atoms with Crippen molar-refractivity contribution in [1.29, 1.82) is 0 Å². The van der Waals surface area contributed by atoms with Crippen LogP contribution in [0.15, 0.2) is 30.5 Å². The van der Waals surface area contributed by atoms with Crippen molar-refractivity contribution >= 4 is 16.7 Å². The van der Waals surface area contributed by atoms with Gasteiger partial charge in [-0.2, -0.15) is 0 Å². The van der Waals surface area contributed by atoms with Crippen LogP contribution in [0.25, 0.3) is 10.8 Å². The molecule has 0 spiro atoms. The molecule has 0 radical (unpaired) electrons. The van der Waals surface area contributed by atoms with Crippen LogP contribution < -0.4 is 0 Å². The molecule has 22 heavy (non-hydrogen) atoms. The molecule has 4 nitrogen and oxygen atoms in total. The first-order chi connectivity index (χ1) is 10.4. The molecule has 1 amide bonds. The number of aromatic hydroxyl groups is 1. The lowest BCUT2D eigenvalue weighted by Gasteiger charge is -2.36. The van der Waals surface area contributed by atoms with E-state index in [1.807, 2.05) is 0 Å². The smallest absolute Gasteiger partial charge is 0.276 e. The van der Waals surface area contributed by atoms with Crippen LogP contribution in [-0.4, -0.2) is 39.9 Å². The van der Waals surface area contributed by atoms with Crippen molar-refractivity contribution in [3.63, 3.8) is 0 Å². The summed E-state index contributed by atoms with van der Waals surface area (Å²) in [6.45, 7) is 1.34. The van der Waals surface area contributed by atoms with Crippen LogP contribution >= 0.6 is 0 Å². The van der Waals surface area contributed by atoms with E-state index in [1.54, 1.807) is 24.3 Å². The molecular weight excluding hydrogens is 290 g/mol. The van der Waals surface area contributed by atoms with Crippen LogP contribution in [0.3, 0.4) is 0 Å².